The van der Waals surface area contributed by atoms with E-state index in [0.717, 1.165) is 34.1 Å². The Labute approximate surface area is 155 Å². The number of nitrogens with one attached hydrogen (secondary N) is 1. The van der Waals surface area contributed by atoms with E-state index in [1.807, 2.05) is 70.4 Å². The molecule has 0 bridgehead atoms. The maximum atomic E-state index is 12.9. The number of nitrogens with zero attached hydrogens (tertiary/aromatic N) is 3. The van der Waals surface area contributed by atoms with Crippen LogP contribution in [0.15, 0.2) is 41.3 Å². The maximum absolute atomic E-state index is 12.9. The van der Waals surface area contributed by atoms with Gasteiger partial charge in [-0.2, -0.15) is 5.26 Å². The molecule has 5 heteroatoms. The molecule has 0 amide bonds. The Balaban J connectivity index is 0.00000118. The number of hydrogen-bond acceptors (Lipinski definition) is 4. The second kappa shape index (κ2) is 8.30. The van der Waals surface area contributed by atoms with Gasteiger partial charge in [-0.25, -0.2) is 0 Å². The van der Waals surface area contributed by atoms with Crippen LogP contribution in [0.5, 0.6) is 0 Å². The van der Waals surface area contributed by atoms with E-state index in [9.17, 15) is 4.79 Å². The minimum Gasteiger partial charge on any atom is -0.311 e. The Morgan fingerprint density at radius 1 is 1.23 bits per heavy atom. The molecule has 3 rings (SSSR count). The van der Waals surface area contributed by atoms with Crippen molar-refractivity contribution in [1.82, 2.24) is 9.55 Å². The number of nitriles is 1. The molecule has 1 N–H and O–H groups in total. The van der Waals surface area contributed by atoms with Gasteiger partial charge in [0.2, 0.25) is 0 Å². The van der Waals surface area contributed by atoms with Gasteiger partial charge in [0.05, 0.1) is 5.52 Å². The molecule has 0 atom stereocenters. The molecule has 0 aliphatic rings. The van der Waals surface area contributed by atoms with Gasteiger partial charge in [-0.15, -0.1) is 0 Å². The van der Waals surface area contributed by atoms with Crippen LogP contribution in [0, 0.1) is 18.4 Å². The van der Waals surface area contributed by atoms with Crippen molar-refractivity contribution in [2.24, 2.45) is 7.05 Å². The number of hydrogen-bond donors (Lipinski definition) is 1. The largest absolute Gasteiger partial charge is 0.311 e. The summed E-state index contributed by atoms with van der Waals surface area (Å²) in [5.41, 5.74) is 4.84. The number of benzene rings is 1. The summed E-state index contributed by atoms with van der Waals surface area (Å²) in [4.78, 5) is 17.3. The van der Waals surface area contributed by atoms with Gasteiger partial charge < -0.3 is 4.57 Å². The van der Waals surface area contributed by atoms with E-state index < -0.39 is 0 Å². The van der Waals surface area contributed by atoms with Crippen molar-refractivity contribution in [3.63, 3.8) is 0 Å². The van der Waals surface area contributed by atoms with Crippen LogP contribution in [-0.2, 0) is 13.5 Å². The molecule has 1 aromatic carbocycles. The van der Waals surface area contributed by atoms with Crippen LogP contribution in [0.4, 0.5) is 5.69 Å². The molecule has 0 unspecified atom stereocenters. The first-order valence-corrected chi connectivity index (χ1v) is 8.80. The molecule has 0 saturated heterocycles. The quantitative estimate of drug-likeness (QED) is 0.552. The third-order valence-electron chi connectivity index (χ3n) is 4.26. The van der Waals surface area contributed by atoms with E-state index >= 15 is 0 Å². The first-order chi connectivity index (χ1) is 12.5. The molecule has 5 nitrogen and oxygen atoms in total. The van der Waals surface area contributed by atoms with Gasteiger partial charge in [-0.05, 0) is 48.7 Å². The Morgan fingerprint density at radius 3 is 2.62 bits per heavy atom. The number of anilines is 1. The predicted octanol–water partition coefficient (Wildman–Crippen LogP) is 4.64. The van der Waals surface area contributed by atoms with Crippen LogP contribution in [0.25, 0.3) is 22.0 Å². The summed E-state index contributed by atoms with van der Waals surface area (Å²) in [6, 6.07) is 9.39. The second-order valence-electron chi connectivity index (χ2n) is 5.78. The highest BCUT2D eigenvalue weighted by Gasteiger charge is 2.12. The summed E-state index contributed by atoms with van der Waals surface area (Å²) in [6.07, 6.45) is 4.54. The number of pyridine rings is 2. The maximum Gasteiger partial charge on any atom is 0.258 e. The van der Waals surface area contributed by atoms with Crippen LogP contribution in [0.2, 0.25) is 0 Å². The SMILES string of the molecule is CC.CCc1cc2c(cn1)cc(-c1cc(NC#N)ccc1C)c(=O)n2C.[HH]. The molecule has 0 saturated carbocycles. The van der Waals surface area contributed by atoms with Gasteiger partial charge in [0.25, 0.3) is 5.56 Å². The van der Waals surface area contributed by atoms with Crippen LogP contribution < -0.4 is 10.9 Å². The van der Waals surface area contributed by atoms with Crippen molar-refractivity contribution in [3.05, 3.63) is 58.1 Å². The summed E-state index contributed by atoms with van der Waals surface area (Å²) >= 11 is 0. The third-order valence-corrected chi connectivity index (χ3v) is 4.26. The fraction of sp³-hybridized carbons (Fsp3) is 0.286. The van der Waals surface area contributed by atoms with E-state index in [4.69, 9.17) is 5.26 Å². The number of aryl methyl sites for hydroxylation is 3. The average molecular weight is 350 g/mol. The van der Waals surface area contributed by atoms with Crippen molar-refractivity contribution < 1.29 is 1.43 Å². The molecular formula is C21H26N4O. The molecule has 2 aromatic heterocycles. The third kappa shape index (κ3) is 3.60. The van der Waals surface area contributed by atoms with Crippen molar-refractivity contribution in [1.29, 1.82) is 5.26 Å². The minimum atomic E-state index is -0.0621. The first-order valence-electron chi connectivity index (χ1n) is 8.80. The van der Waals surface area contributed by atoms with Gasteiger partial charge >= 0.3 is 0 Å². The van der Waals surface area contributed by atoms with Crippen molar-refractivity contribution in [2.75, 3.05) is 5.32 Å². The lowest BCUT2D eigenvalue weighted by Gasteiger charge is -2.12. The zero-order valence-electron chi connectivity index (χ0n) is 15.9. The van der Waals surface area contributed by atoms with E-state index in [0.29, 0.717) is 11.3 Å². The Kier molecular flexibility index (Phi) is 6.13. The lowest BCUT2D eigenvalue weighted by Crippen LogP contribution is -2.19. The van der Waals surface area contributed by atoms with Gasteiger partial charge in [-0.3, -0.25) is 15.1 Å². The lowest BCUT2D eigenvalue weighted by atomic mass is 9.99. The first kappa shape index (κ1) is 19.2. The monoisotopic (exact) mass is 350 g/mol. The summed E-state index contributed by atoms with van der Waals surface area (Å²) in [7, 11) is 1.78. The normalized spacial score (nSPS) is 10.0. The fourth-order valence-corrected chi connectivity index (χ4v) is 2.85. The zero-order valence-corrected chi connectivity index (χ0v) is 15.9. The zero-order chi connectivity index (χ0) is 19.3. The van der Waals surface area contributed by atoms with Crippen LogP contribution in [-0.4, -0.2) is 9.55 Å². The van der Waals surface area contributed by atoms with E-state index in [2.05, 4.69) is 10.3 Å². The van der Waals surface area contributed by atoms with Crippen molar-refractivity contribution in [2.45, 2.75) is 34.1 Å². The summed E-state index contributed by atoms with van der Waals surface area (Å²) < 4.78 is 1.66. The molecule has 26 heavy (non-hydrogen) atoms. The molecule has 0 aliphatic heterocycles. The van der Waals surface area contributed by atoms with E-state index in [1.54, 1.807) is 11.6 Å². The van der Waals surface area contributed by atoms with E-state index in [1.165, 1.54) is 0 Å². The second-order valence-corrected chi connectivity index (χ2v) is 5.78. The van der Waals surface area contributed by atoms with Gasteiger partial charge in [0.15, 0.2) is 6.19 Å². The summed E-state index contributed by atoms with van der Waals surface area (Å²) in [5, 5.41) is 12.3. The van der Waals surface area contributed by atoms with E-state index in [-0.39, 0.29) is 6.99 Å². The molecule has 3 aromatic rings. The highest BCUT2D eigenvalue weighted by Crippen LogP contribution is 2.26. The molecule has 0 fully saturated rings. The predicted molar refractivity (Wildman–Crippen MR) is 109 cm³/mol. The number of fused-ring (bicyclic) bond motifs is 1. The lowest BCUT2D eigenvalue weighted by molar-refractivity contribution is 0.902. The number of rotatable bonds is 3. The highest BCUT2D eigenvalue weighted by atomic mass is 16.1. The average Bonchev–Trinajstić information content (AvgIpc) is 2.68. The van der Waals surface area contributed by atoms with Gasteiger partial charge in [0.1, 0.15) is 0 Å². The molecule has 136 valence electrons. The Hall–Kier alpha value is -3.13. The van der Waals surface area contributed by atoms with Crippen LogP contribution in [0.1, 0.15) is 33.5 Å². The molecule has 0 spiro atoms. The minimum absolute atomic E-state index is 0. The molecular weight excluding hydrogens is 324 g/mol. The highest BCUT2D eigenvalue weighted by molar-refractivity contribution is 5.85. The van der Waals surface area contributed by atoms with Crippen molar-refractivity contribution in [3.8, 4) is 17.3 Å². The van der Waals surface area contributed by atoms with Gasteiger partial charge in [0, 0.05) is 37.0 Å². The Morgan fingerprint density at radius 2 is 1.96 bits per heavy atom. The molecule has 0 aliphatic carbocycles. The van der Waals surface area contributed by atoms with Crippen LogP contribution in [0.3, 0.4) is 0 Å². The molecule has 0 radical (unpaired) electrons. The van der Waals surface area contributed by atoms with Crippen LogP contribution >= 0.6 is 0 Å². The van der Waals surface area contributed by atoms with Gasteiger partial charge in [-0.1, -0.05) is 26.8 Å². The summed E-state index contributed by atoms with van der Waals surface area (Å²) in [6.45, 7) is 7.99. The number of aromatic nitrogens is 2. The van der Waals surface area contributed by atoms with Crippen molar-refractivity contribution >= 4 is 16.6 Å². The molecule has 2 heterocycles. The topological polar surface area (TPSA) is 70.7 Å². The fourth-order valence-electron chi connectivity index (χ4n) is 2.85. The standard InChI is InChI=1S/C19H18N4O.C2H6.H2/c1-4-14-9-18-13(10-21-14)7-17(19(24)23(18)3)16-8-15(22-11-20)6-5-12(16)2;1-2;/h5-10,22H,4H2,1-3H3;1-2H3;1H. The smallest absolute Gasteiger partial charge is 0.258 e. The Bertz CT molecular complexity index is 1030. The summed E-state index contributed by atoms with van der Waals surface area (Å²) in [5.74, 6) is 0.